The topological polar surface area (TPSA) is 180 Å². The fourth-order valence-corrected chi connectivity index (χ4v) is 5.80. The molecule has 0 amide bonds. The molecular formula is C28H30N3O11S+. The number of allylic oxidation sites excluding steroid dienone is 2. The van der Waals surface area contributed by atoms with Crippen LogP contribution in [-0.4, -0.2) is 69.3 Å². The van der Waals surface area contributed by atoms with E-state index in [-0.39, 0.29) is 74.0 Å². The number of rotatable bonds is 9. The Hall–Kier alpha value is -4.92. The lowest BCUT2D eigenvalue weighted by Gasteiger charge is -2.21. The van der Waals surface area contributed by atoms with Gasteiger partial charge in [0.15, 0.2) is 35.0 Å². The summed E-state index contributed by atoms with van der Waals surface area (Å²) in [6.45, 7) is 2.48. The molecule has 0 spiro atoms. The quantitative estimate of drug-likeness (QED) is 0.200. The molecule has 43 heavy (non-hydrogen) atoms. The minimum atomic E-state index is -4.41. The summed E-state index contributed by atoms with van der Waals surface area (Å²) in [5.41, 5.74) is -0.947. The van der Waals surface area contributed by atoms with Gasteiger partial charge >= 0.3 is 16.1 Å². The van der Waals surface area contributed by atoms with Crippen molar-refractivity contribution in [2.45, 2.75) is 13.8 Å². The average molecular weight is 617 g/mol. The van der Waals surface area contributed by atoms with Crippen molar-refractivity contribution in [3.8, 4) is 17.2 Å². The van der Waals surface area contributed by atoms with E-state index in [2.05, 4.69) is 5.32 Å². The van der Waals surface area contributed by atoms with Gasteiger partial charge in [-0.1, -0.05) is 0 Å². The molecular weight excluding hydrogens is 586 g/mol. The standard InChI is InChI=1S/C28H29N3O11S/c1-13-21(32)19-17(23(34)25(13)39-5)12-31(4)27(35)20(19)29-8-9-43(37,38)42-24-14(2)26(40-6)22(33)16-11-30(3)18(10-15(16)24)28(36)41-7/h10-12H,8-9H2,1-7H3,(H,29,32)/p+1. The smallest absolute Gasteiger partial charge is 0.403 e. The molecule has 1 aromatic carbocycles. The first-order chi connectivity index (χ1) is 20.2. The van der Waals surface area contributed by atoms with Crippen LogP contribution in [0.15, 0.2) is 34.6 Å². The van der Waals surface area contributed by atoms with E-state index < -0.39 is 39.0 Å². The maximum atomic E-state index is 13.2. The van der Waals surface area contributed by atoms with Gasteiger partial charge in [-0.15, -0.1) is 0 Å². The molecule has 0 saturated carbocycles. The molecule has 1 aliphatic rings. The molecule has 15 heteroatoms. The van der Waals surface area contributed by atoms with Gasteiger partial charge in [-0.2, -0.15) is 13.0 Å². The molecule has 2 aromatic heterocycles. The number of phenolic OH excluding ortho intramolecular Hbond substituents is 1. The molecule has 1 aliphatic carbocycles. The molecule has 0 saturated heterocycles. The van der Waals surface area contributed by atoms with E-state index in [1.807, 2.05) is 0 Å². The fraction of sp³-hybridized carbons (Fsp3) is 0.321. The number of fused-ring (bicyclic) bond motifs is 2. The third-order valence-electron chi connectivity index (χ3n) is 7.07. The predicted molar refractivity (Wildman–Crippen MR) is 152 cm³/mol. The highest BCUT2D eigenvalue weighted by Crippen LogP contribution is 2.45. The second-order valence-corrected chi connectivity index (χ2v) is 11.4. The number of methoxy groups -OCH3 is 3. The minimum absolute atomic E-state index is 0.00983. The first kappa shape index (κ1) is 31.0. The Morgan fingerprint density at radius 3 is 2.33 bits per heavy atom. The first-order valence-corrected chi connectivity index (χ1v) is 14.3. The Kier molecular flexibility index (Phi) is 8.22. The van der Waals surface area contributed by atoms with Crippen molar-refractivity contribution < 1.29 is 50.9 Å². The van der Waals surface area contributed by atoms with Crippen LogP contribution in [0.3, 0.4) is 0 Å². The molecule has 14 nitrogen and oxygen atoms in total. The molecule has 0 aliphatic heterocycles. The Morgan fingerprint density at radius 2 is 1.72 bits per heavy atom. The van der Waals surface area contributed by atoms with E-state index in [1.54, 1.807) is 7.05 Å². The number of esters is 1. The Morgan fingerprint density at radius 1 is 1.05 bits per heavy atom. The average Bonchev–Trinajstić information content (AvgIpc) is 2.96. The van der Waals surface area contributed by atoms with Gasteiger partial charge in [-0.3, -0.25) is 14.4 Å². The van der Waals surface area contributed by atoms with Gasteiger partial charge in [0.25, 0.3) is 11.3 Å². The van der Waals surface area contributed by atoms with E-state index in [0.717, 1.165) is 4.57 Å². The Bertz CT molecular complexity index is 1920. The van der Waals surface area contributed by atoms with Crippen LogP contribution in [-0.2, 0) is 33.7 Å². The minimum Gasteiger partial charge on any atom is -0.504 e. The summed E-state index contributed by atoms with van der Waals surface area (Å²) in [6, 6.07) is 1.32. The van der Waals surface area contributed by atoms with E-state index in [9.17, 15) is 32.7 Å². The number of phenols is 1. The van der Waals surface area contributed by atoms with Crippen molar-refractivity contribution in [3.05, 3.63) is 62.5 Å². The molecule has 0 unspecified atom stereocenters. The second-order valence-electron chi connectivity index (χ2n) is 9.72. The fourth-order valence-electron chi connectivity index (χ4n) is 4.90. The highest BCUT2D eigenvalue weighted by molar-refractivity contribution is 7.87. The van der Waals surface area contributed by atoms with Gasteiger partial charge in [0.2, 0.25) is 5.78 Å². The van der Waals surface area contributed by atoms with Crippen LogP contribution >= 0.6 is 0 Å². The SMILES string of the molecule is COC(=O)c1cc2c(OS(=O)(=O)CCNc3c4c(cn(C)c3=O)C(=O)C(OC)=C(C)C4=O)c(C)c(OC)c(O)c2c[n+]1C. The highest BCUT2D eigenvalue weighted by Gasteiger charge is 2.35. The van der Waals surface area contributed by atoms with Crippen molar-refractivity contribution in [1.29, 1.82) is 0 Å². The number of benzene rings is 1. The normalized spacial score (nSPS) is 13.2. The number of carbonyl (C=O) groups excluding carboxylic acids is 3. The largest absolute Gasteiger partial charge is 0.504 e. The zero-order chi connectivity index (χ0) is 32.0. The monoisotopic (exact) mass is 616 g/mol. The number of hydrogen-bond donors (Lipinski definition) is 2. The van der Waals surface area contributed by atoms with Gasteiger partial charge in [-0.25, -0.2) is 4.79 Å². The predicted octanol–water partition coefficient (Wildman–Crippen LogP) is 1.29. The Labute approximate surface area is 246 Å². The summed E-state index contributed by atoms with van der Waals surface area (Å²) < 4.78 is 49.6. The van der Waals surface area contributed by atoms with Crippen LogP contribution in [0.1, 0.15) is 43.7 Å². The number of nitrogens with one attached hydrogen (secondary N) is 1. The lowest BCUT2D eigenvalue weighted by atomic mass is 9.89. The number of aryl methyl sites for hydroxylation is 2. The molecule has 2 heterocycles. The van der Waals surface area contributed by atoms with Crippen molar-refractivity contribution >= 4 is 44.1 Å². The maximum absolute atomic E-state index is 13.2. The third-order valence-corrected chi connectivity index (χ3v) is 8.20. The third kappa shape index (κ3) is 5.27. The van der Waals surface area contributed by atoms with Crippen LogP contribution in [0, 0.1) is 6.92 Å². The van der Waals surface area contributed by atoms with Gasteiger partial charge in [0.1, 0.15) is 18.5 Å². The number of aromatic nitrogens is 2. The molecule has 0 fully saturated rings. The number of pyridine rings is 2. The molecule has 228 valence electrons. The van der Waals surface area contributed by atoms with Crippen LogP contribution in [0.5, 0.6) is 17.2 Å². The lowest BCUT2D eigenvalue weighted by Crippen LogP contribution is -2.36. The number of anilines is 1. The van der Waals surface area contributed by atoms with Gasteiger partial charge < -0.3 is 33.4 Å². The zero-order valence-electron chi connectivity index (χ0n) is 24.5. The molecule has 0 atom stereocenters. The van der Waals surface area contributed by atoms with E-state index in [1.165, 1.54) is 65.3 Å². The summed E-state index contributed by atoms with van der Waals surface area (Å²) in [6.07, 6.45) is 2.63. The van der Waals surface area contributed by atoms with Gasteiger partial charge in [-0.05, 0) is 13.8 Å². The lowest BCUT2D eigenvalue weighted by molar-refractivity contribution is -0.672. The molecule has 3 aromatic rings. The van der Waals surface area contributed by atoms with Crippen molar-refractivity contribution in [2.24, 2.45) is 14.1 Å². The Balaban J connectivity index is 1.71. The molecule has 0 radical (unpaired) electrons. The van der Waals surface area contributed by atoms with E-state index in [4.69, 9.17) is 18.4 Å². The summed E-state index contributed by atoms with van der Waals surface area (Å²) in [5.74, 6) is -3.27. The van der Waals surface area contributed by atoms with Crippen LogP contribution in [0.4, 0.5) is 5.69 Å². The second kappa shape index (κ2) is 11.4. The molecule has 2 N–H and O–H groups in total. The zero-order valence-corrected chi connectivity index (χ0v) is 25.3. The van der Waals surface area contributed by atoms with E-state index in [0.29, 0.717) is 0 Å². The highest BCUT2D eigenvalue weighted by atomic mass is 32.2. The van der Waals surface area contributed by atoms with Crippen LogP contribution < -0.4 is 24.4 Å². The number of hydrogen-bond acceptors (Lipinski definition) is 12. The number of ether oxygens (including phenoxy) is 3. The number of ketones is 2. The van der Waals surface area contributed by atoms with Gasteiger partial charge in [0.05, 0.1) is 37.8 Å². The van der Waals surface area contributed by atoms with Crippen LogP contribution in [0.25, 0.3) is 10.8 Å². The van der Waals surface area contributed by atoms with Crippen molar-refractivity contribution in [2.75, 3.05) is 38.9 Å². The number of Topliss-reactive ketones (excluding diaryl/α,β-unsaturated/α-hetero) is 2. The van der Waals surface area contributed by atoms with Crippen molar-refractivity contribution in [1.82, 2.24) is 4.57 Å². The summed E-state index contributed by atoms with van der Waals surface area (Å²) in [4.78, 5) is 51.3. The van der Waals surface area contributed by atoms with Crippen molar-refractivity contribution in [3.63, 3.8) is 0 Å². The summed E-state index contributed by atoms with van der Waals surface area (Å²) in [5, 5.41) is 13.7. The van der Waals surface area contributed by atoms with Crippen LogP contribution in [0.2, 0.25) is 0 Å². The molecule has 0 bridgehead atoms. The first-order valence-electron chi connectivity index (χ1n) is 12.7. The maximum Gasteiger partial charge on any atom is 0.403 e. The number of aromatic hydroxyl groups is 1. The number of nitrogens with zero attached hydrogens (tertiary/aromatic N) is 2. The summed E-state index contributed by atoms with van der Waals surface area (Å²) in [7, 11) is 2.25. The summed E-state index contributed by atoms with van der Waals surface area (Å²) >= 11 is 0. The number of carbonyl (C=O) groups is 3. The van der Waals surface area contributed by atoms with E-state index >= 15 is 0 Å². The molecule has 4 rings (SSSR count). The van der Waals surface area contributed by atoms with Gasteiger partial charge in [0, 0.05) is 42.4 Å².